The van der Waals surface area contributed by atoms with Crippen LogP contribution in [0.15, 0.2) is 0 Å². The van der Waals surface area contributed by atoms with E-state index >= 15 is 0 Å². The van der Waals surface area contributed by atoms with E-state index in [1.54, 1.807) is 0 Å². The van der Waals surface area contributed by atoms with E-state index in [0.717, 1.165) is 0 Å². The average molecular weight is 164 g/mol. The van der Waals surface area contributed by atoms with Gasteiger partial charge in [0.2, 0.25) is 0 Å². The Morgan fingerprint density at radius 1 is 1.09 bits per heavy atom. The minimum Gasteiger partial charge on any atom is -0.391 e. The van der Waals surface area contributed by atoms with Crippen LogP contribution in [-0.4, -0.2) is 51.1 Å². The van der Waals surface area contributed by atoms with Crippen LogP contribution in [0.2, 0.25) is 0 Å². The number of hydrogen-bond acceptors (Lipinski definition) is 5. The fraction of sp³-hybridized carbons (Fsp3) is 0.833. The quantitative estimate of drug-likeness (QED) is 0.349. The molecule has 0 radical (unpaired) electrons. The molecule has 0 aliphatic rings. The molecule has 4 N–H and O–H groups in total. The van der Waals surface area contributed by atoms with Gasteiger partial charge in [0.05, 0.1) is 6.10 Å². The molecular weight excluding hydrogens is 152 g/mol. The first-order valence-corrected chi connectivity index (χ1v) is 3.18. The van der Waals surface area contributed by atoms with E-state index in [1.165, 1.54) is 6.92 Å². The topological polar surface area (TPSA) is 98.0 Å². The van der Waals surface area contributed by atoms with Crippen molar-refractivity contribution in [3.8, 4) is 0 Å². The van der Waals surface area contributed by atoms with Gasteiger partial charge in [-0.2, -0.15) is 0 Å². The molecule has 0 heterocycles. The molecule has 0 aromatic carbocycles. The Morgan fingerprint density at radius 3 is 1.82 bits per heavy atom. The van der Waals surface area contributed by atoms with Gasteiger partial charge in [0.1, 0.15) is 18.3 Å². The zero-order valence-electron chi connectivity index (χ0n) is 6.08. The fourth-order valence-corrected chi connectivity index (χ4v) is 0.568. The highest BCUT2D eigenvalue weighted by Crippen LogP contribution is 2.02. The van der Waals surface area contributed by atoms with Crippen molar-refractivity contribution in [2.45, 2.75) is 31.3 Å². The highest BCUT2D eigenvalue weighted by atomic mass is 16.4. The van der Waals surface area contributed by atoms with Crippen LogP contribution in [0.3, 0.4) is 0 Å². The summed E-state index contributed by atoms with van der Waals surface area (Å²) in [5, 5.41) is 35.1. The monoisotopic (exact) mass is 164 g/mol. The van der Waals surface area contributed by atoms with E-state index in [0.29, 0.717) is 0 Å². The van der Waals surface area contributed by atoms with E-state index in [1.807, 2.05) is 0 Å². The molecule has 0 amide bonds. The first kappa shape index (κ1) is 10.5. The maximum atomic E-state index is 9.87. The second-order valence-corrected chi connectivity index (χ2v) is 2.35. The van der Waals surface area contributed by atoms with Crippen LogP contribution >= 0.6 is 0 Å². The molecule has 0 saturated carbocycles. The van der Waals surface area contributed by atoms with E-state index in [4.69, 9.17) is 20.4 Å². The van der Waals surface area contributed by atoms with Crippen LogP contribution in [0.25, 0.3) is 0 Å². The zero-order chi connectivity index (χ0) is 9.02. The minimum atomic E-state index is -1.65. The number of hydrogen-bond donors (Lipinski definition) is 4. The van der Waals surface area contributed by atoms with Crippen molar-refractivity contribution in [2.75, 3.05) is 0 Å². The third-order valence-corrected chi connectivity index (χ3v) is 1.33. The van der Waals surface area contributed by atoms with Crippen molar-refractivity contribution in [1.29, 1.82) is 0 Å². The maximum absolute atomic E-state index is 9.87. The Kier molecular flexibility index (Phi) is 4.20. The van der Waals surface area contributed by atoms with Crippen LogP contribution in [-0.2, 0) is 4.79 Å². The molecule has 0 spiro atoms. The Bertz CT molecular complexity index is 124. The molecule has 5 heteroatoms. The Labute approximate surface area is 63.9 Å². The minimum absolute atomic E-state index is 0.0935. The average Bonchev–Trinajstić information content (AvgIpc) is 2.00. The van der Waals surface area contributed by atoms with E-state index in [2.05, 4.69) is 0 Å². The number of carbonyl (C=O) groups excluding carboxylic acids is 1. The Balaban J connectivity index is 4.00. The number of aliphatic hydroxyl groups excluding tert-OH is 4. The predicted molar refractivity (Wildman–Crippen MR) is 35.8 cm³/mol. The predicted octanol–water partition coefficient (Wildman–Crippen LogP) is -2.35. The van der Waals surface area contributed by atoms with Crippen molar-refractivity contribution in [1.82, 2.24) is 0 Å². The second-order valence-electron chi connectivity index (χ2n) is 2.35. The molecule has 0 saturated heterocycles. The first-order chi connectivity index (χ1) is 5.00. The van der Waals surface area contributed by atoms with E-state index in [-0.39, 0.29) is 6.29 Å². The number of carbonyl (C=O) groups is 1. The van der Waals surface area contributed by atoms with Crippen LogP contribution in [0.5, 0.6) is 0 Å². The van der Waals surface area contributed by atoms with Gasteiger partial charge in [0.15, 0.2) is 6.29 Å². The first-order valence-electron chi connectivity index (χ1n) is 3.18. The van der Waals surface area contributed by atoms with Crippen molar-refractivity contribution < 1.29 is 25.2 Å². The molecule has 0 aromatic rings. The largest absolute Gasteiger partial charge is 0.391 e. The van der Waals surface area contributed by atoms with Gasteiger partial charge in [-0.25, -0.2) is 0 Å². The third kappa shape index (κ3) is 2.94. The molecular formula is C6H12O5. The van der Waals surface area contributed by atoms with Crippen LogP contribution < -0.4 is 0 Å². The summed E-state index contributed by atoms with van der Waals surface area (Å²) in [5.41, 5.74) is 0. The summed E-state index contributed by atoms with van der Waals surface area (Å²) in [5.74, 6) is 0. The summed E-state index contributed by atoms with van der Waals surface area (Å²) in [6, 6.07) is 0. The highest BCUT2D eigenvalue weighted by molar-refractivity contribution is 5.56. The molecule has 0 aliphatic carbocycles. The Morgan fingerprint density at radius 2 is 1.55 bits per heavy atom. The van der Waals surface area contributed by atoms with Crippen molar-refractivity contribution in [3.05, 3.63) is 0 Å². The smallest absolute Gasteiger partial charge is 0.151 e. The summed E-state index contributed by atoms with van der Waals surface area (Å²) in [6.07, 6.45) is -5.88. The molecule has 0 fully saturated rings. The van der Waals surface area contributed by atoms with Crippen molar-refractivity contribution >= 4 is 6.29 Å². The third-order valence-electron chi connectivity index (χ3n) is 1.33. The molecule has 0 bridgehead atoms. The lowest BCUT2D eigenvalue weighted by atomic mass is 10.1. The summed E-state index contributed by atoms with van der Waals surface area (Å²) in [6.45, 7) is 1.24. The number of aldehydes is 1. The lowest BCUT2D eigenvalue weighted by molar-refractivity contribution is -0.132. The number of rotatable bonds is 4. The van der Waals surface area contributed by atoms with Crippen molar-refractivity contribution in [3.63, 3.8) is 0 Å². The Hall–Kier alpha value is -0.490. The summed E-state index contributed by atoms with van der Waals surface area (Å²) in [7, 11) is 0. The molecule has 11 heavy (non-hydrogen) atoms. The van der Waals surface area contributed by atoms with Gasteiger partial charge in [-0.15, -0.1) is 0 Å². The van der Waals surface area contributed by atoms with E-state index < -0.39 is 24.4 Å². The molecule has 66 valence electrons. The van der Waals surface area contributed by atoms with Gasteiger partial charge in [-0.05, 0) is 6.92 Å². The van der Waals surface area contributed by atoms with Crippen LogP contribution in [0.4, 0.5) is 0 Å². The van der Waals surface area contributed by atoms with Gasteiger partial charge in [-0.1, -0.05) is 0 Å². The van der Waals surface area contributed by atoms with Gasteiger partial charge in [-0.3, -0.25) is 0 Å². The molecule has 0 aliphatic heterocycles. The molecule has 5 nitrogen and oxygen atoms in total. The summed E-state index contributed by atoms with van der Waals surface area (Å²) in [4.78, 5) is 9.87. The van der Waals surface area contributed by atoms with Gasteiger partial charge < -0.3 is 25.2 Å². The molecule has 1 unspecified atom stereocenters. The molecule has 0 rings (SSSR count). The van der Waals surface area contributed by atoms with Gasteiger partial charge >= 0.3 is 0 Å². The van der Waals surface area contributed by atoms with Gasteiger partial charge in [0, 0.05) is 0 Å². The molecule has 4 atom stereocenters. The fourth-order valence-electron chi connectivity index (χ4n) is 0.568. The van der Waals surface area contributed by atoms with Crippen LogP contribution in [0.1, 0.15) is 6.92 Å². The lowest BCUT2D eigenvalue weighted by Gasteiger charge is -2.21. The molecule has 0 aromatic heterocycles. The highest BCUT2D eigenvalue weighted by Gasteiger charge is 2.27. The number of aliphatic hydroxyl groups is 4. The standard InChI is InChI=1S/C6H12O5/c1-3(8)5(10)6(11)4(9)2-7/h2-6,8-11H,1H3/t3-,4?,5-,6-/m0/s1. The normalized spacial score (nSPS) is 21.9. The van der Waals surface area contributed by atoms with Crippen LogP contribution in [0, 0.1) is 0 Å². The summed E-state index contributed by atoms with van der Waals surface area (Å²) < 4.78 is 0. The lowest BCUT2D eigenvalue weighted by Crippen LogP contribution is -2.43. The summed E-state index contributed by atoms with van der Waals surface area (Å²) >= 11 is 0. The van der Waals surface area contributed by atoms with Gasteiger partial charge in [0.25, 0.3) is 0 Å². The maximum Gasteiger partial charge on any atom is 0.151 e. The SMILES string of the molecule is C[C@H](O)[C@H](O)[C@@H](O)C(O)C=O. The zero-order valence-corrected chi connectivity index (χ0v) is 6.08. The van der Waals surface area contributed by atoms with E-state index in [9.17, 15) is 4.79 Å². The second kappa shape index (κ2) is 4.40. The van der Waals surface area contributed by atoms with Crippen molar-refractivity contribution in [2.24, 2.45) is 0 Å².